The highest BCUT2D eigenvalue weighted by atomic mass is 16.5. The number of aliphatic hydroxyl groups excluding tert-OH is 2. The van der Waals surface area contributed by atoms with Gasteiger partial charge in [0.05, 0.1) is 25.4 Å². The quantitative estimate of drug-likeness (QED) is 0.0320. The summed E-state index contributed by atoms with van der Waals surface area (Å²) < 4.78 is 5.51. The summed E-state index contributed by atoms with van der Waals surface area (Å²) in [6.07, 6.45) is 91.4. The van der Waals surface area contributed by atoms with E-state index in [-0.39, 0.29) is 18.5 Å². The fourth-order valence-electron chi connectivity index (χ4n) is 12.5. The molecule has 83 heavy (non-hydrogen) atoms. The smallest absolute Gasteiger partial charge is 0.305 e. The molecule has 0 saturated carbocycles. The van der Waals surface area contributed by atoms with Crippen LogP contribution >= 0.6 is 0 Å². The number of aliphatic hydroxyl groups is 2. The number of carbonyl (C=O) groups is 2. The number of amides is 1. The van der Waals surface area contributed by atoms with Crippen LogP contribution in [0.2, 0.25) is 0 Å². The summed E-state index contributed by atoms with van der Waals surface area (Å²) in [5.41, 5.74) is 0. The van der Waals surface area contributed by atoms with Crippen LogP contribution in [0.1, 0.15) is 444 Å². The number of hydrogen-bond donors (Lipinski definition) is 3. The van der Waals surface area contributed by atoms with Gasteiger partial charge in [0.1, 0.15) is 0 Å². The van der Waals surface area contributed by atoms with Crippen LogP contribution in [0.4, 0.5) is 0 Å². The van der Waals surface area contributed by atoms with Gasteiger partial charge >= 0.3 is 5.97 Å². The molecule has 2 atom stereocenters. The van der Waals surface area contributed by atoms with Crippen LogP contribution in [0.15, 0.2) is 12.2 Å². The third kappa shape index (κ3) is 69.6. The number of ether oxygens (including phenoxy) is 1. The molecule has 6 heteroatoms. The summed E-state index contributed by atoms with van der Waals surface area (Å²) in [6, 6.07) is -0.544. The lowest BCUT2D eigenvalue weighted by Crippen LogP contribution is -2.45. The molecular formula is C77H151NO5. The first kappa shape index (κ1) is 81.6. The number of unbranched alkanes of at least 4 members (excludes halogenated alkanes) is 60. The second kappa shape index (κ2) is 73.1. The van der Waals surface area contributed by atoms with E-state index in [0.29, 0.717) is 25.9 Å². The van der Waals surface area contributed by atoms with Crippen LogP contribution in [0, 0.1) is 0 Å². The summed E-state index contributed by atoms with van der Waals surface area (Å²) in [6.45, 7) is 5.01. The second-order valence-electron chi connectivity index (χ2n) is 26.7. The molecular weight excluding hydrogens is 1020 g/mol. The van der Waals surface area contributed by atoms with Gasteiger partial charge in [0.25, 0.3) is 0 Å². The highest BCUT2D eigenvalue weighted by molar-refractivity contribution is 5.76. The number of allylic oxidation sites excluding steroid dienone is 2. The summed E-state index contributed by atoms with van der Waals surface area (Å²) in [5, 5.41) is 23.4. The van der Waals surface area contributed by atoms with E-state index in [9.17, 15) is 19.8 Å². The molecule has 0 spiro atoms. The Labute approximate surface area is 520 Å². The number of carbonyl (C=O) groups excluding carboxylic acids is 2. The summed E-state index contributed by atoms with van der Waals surface area (Å²) >= 11 is 0. The molecule has 0 rings (SSSR count). The van der Waals surface area contributed by atoms with Gasteiger partial charge in [0, 0.05) is 12.8 Å². The van der Waals surface area contributed by atoms with Crippen LogP contribution < -0.4 is 5.32 Å². The summed E-state index contributed by atoms with van der Waals surface area (Å²) in [4.78, 5) is 24.7. The highest BCUT2D eigenvalue weighted by Gasteiger charge is 2.20. The highest BCUT2D eigenvalue weighted by Crippen LogP contribution is 2.20. The lowest BCUT2D eigenvalue weighted by atomic mass is 10.0. The predicted molar refractivity (Wildman–Crippen MR) is 366 cm³/mol. The average molecular weight is 1170 g/mol. The number of nitrogens with one attached hydrogen (secondary N) is 1. The number of hydrogen-bond acceptors (Lipinski definition) is 5. The topological polar surface area (TPSA) is 95.9 Å². The fraction of sp³-hybridized carbons (Fsp3) is 0.948. The Kier molecular flexibility index (Phi) is 71.8. The van der Waals surface area contributed by atoms with Gasteiger partial charge in [-0.3, -0.25) is 9.59 Å². The van der Waals surface area contributed by atoms with Crippen molar-refractivity contribution in [3.05, 3.63) is 12.2 Å². The Morgan fingerprint density at radius 1 is 0.325 bits per heavy atom. The zero-order chi connectivity index (χ0) is 59.9. The Hall–Kier alpha value is -1.40. The molecule has 6 nitrogen and oxygen atoms in total. The molecule has 0 radical (unpaired) electrons. The Morgan fingerprint density at radius 3 is 0.855 bits per heavy atom. The Morgan fingerprint density at radius 2 is 0.566 bits per heavy atom. The maximum absolute atomic E-state index is 12.6. The van der Waals surface area contributed by atoms with Crippen LogP contribution in [-0.4, -0.2) is 47.4 Å². The molecule has 0 aliphatic heterocycles. The van der Waals surface area contributed by atoms with Crippen molar-refractivity contribution in [2.24, 2.45) is 0 Å². The molecule has 494 valence electrons. The molecule has 0 heterocycles. The molecule has 0 fully saturated rings. The monoisotopic (exact) mass is 1170 g/mol. The van der Waals surface area contributed by atoms with Crippen molar-refractivity contribution in [1.29, 1.82) is 0 Å². The molecule has 0 aliphatic rings. The minimum atomic E-state index is -0.666. The van der Waals surface area contributed by atoms with Gasteiger partial charge in [0.15, 0.2) is 0 Å². The molecule has 0 saturated heterocycles. The summed E-state index contributed by atoms with van der Waals surface area (Å²) in [5.74, 6) is -0.0111. The Balaban J connectivity index is 3.37. The minimum absolute atomic E-state index is 0.0202. The van der Waals surface area contributed by atoms with Crippen molar-refractivity contribution >= 4 is 11.9 Å². The standard InChI is InChI=1S/C77H151NO5/c1-3-5-7-9-11-13-15-17-19-21-23-24-31-34-37-41-45-49-53-57-61-65-69-75(80)74(73-79)78-76(81)70-66-62-58-54-50-46-42-38-35-32-29-27-25-26-28-30-33-36-40-44-48-52-56-60-64-68-72-83-77(82)71-67-63-59-55-51-47-43-39-22-20-18-16-14-12-10-8-6-4-2/h25,27,74-75,79-80H,3-24,26,28-73H2,1-2H3,(H,78,81)/b27-25-. The molecule has 3 N–H and O–H groups in total. The molecule has 0 aromatic heterocycles. The number of esters is 1. The van der Waals surface area contributed by atoms with E-state index in [1.54, 1.807) is 0 Å². The van der Waals surface area contributed by atoms with E-state index in [1.165, 1.54) is 372 Å². The van der Waals surface area contributed by atoms with E-state index in [2.05, 4.69) is 31.3 Å². The molecule has 2 unspecified atom stereocenters. The first-order chi connectivity index (χ1) is 41.0. The molecule has 0 aromatic carbocycles. The van der Waals surface area contributed by atoms with Crippen molar-refractivity contribution in [3.63, 3.8) is 0 Å². The van der Waals surface area contributed by atoms with E-state index < -0.39 is 12.1 Å². The maximum atomic E-state index is 12.6. The normalized spacial score (nSPS) is 12.5. The van der Waals surface area contributed by atoms with E-state index in [1.807, 2.05) is 0 Å². The van der Waals surface area contributed by atoms with Gasteiger partial charge < -0.3 is 20.3 Å². The molecule has 1 amide bonds. The van der Waals surface area contributed by atoms with Gasteiger partial charge in [0.2, 0.25) is 5.91 Å². The summed E-state index contributed by atoms with van der Waals surface area (Å²) in [7, 11) is 0. The third-order valence-corrected chi connectivity index (χ3v) is 18.3. The SMILES string of the molecule is CCCCCCCCCCCCCCCCCCCCCCCCC(O)C(CO)NC(=O)CCCCCCCCCCCC/C=C\CCCCCCCCCCCCCCOC(=O)CCCCCCCCCCCCCCCCCCCC. The molecule has 0 aliphatic carbocycles. The number of rotatable bonds is 73. The van der Waals surface area contributed by atoms with E-state index in [0.717, 1.165) is 38.5 Å². The maximum Gasteiger partial charge on any atom is 0.305 e. The van der Waals surface area contributed by atoms with Crippen molar-refractivity contribution < 1.29 is 24.5 Å². The van der Waals surface area contributed by atoms with Crippen molar-refractivity contribution in [2.45, 2.75) is 456 Å². The van der Waals surface area contributed by atoms with Gasteiger partial charge in [-0.2, -0.15) is 0 Å². The van der Waals surface area contributed by atoms with Crippen LogP contribution in [0.25, 0.3) is 0 Å². The van der Waals surface area contributed by atoms with Crippen molar-refractivity contribution in [1.82, 2.24) is 5.32 Å². The van der Waals surface area contributed by atoms with Crippen molar-refractivity contribution in [3.8, 4) is 0 Å². The largest absolute Gasteiger partial charge is 0.466 e. The molecule has 0 aromatic rings. The van der Waals surface area contributed by atoms with Gasteiger partial charge in [-0.1, -0.05) is 392 Å². The lowest BCUT2D eigenvalue weighted by molar-refractivity contribution is -0.143. The first-order valence-corrected chi connectivity index (χ1v) is 38.4. The zero-order valence-corrected chi connectivity index (χ0v) is 56.7. The van der Waals surface area contributed by atoms with Gasteiger partial charge in [-0.25, -0.2) is 0 Å². The lowest BCUT2D eigenvalue weighted by Gasteiger charge is -2.22. The molecule has 0 bridgehead atoms. The van der Waals surface area contributed by atoms with E-state index in [4.69, 9.17) is 4.74 Å². The third-order valence-electron chi connectivity index (χ3n) is 18.3. The van der Waals surface area contributed by atoms with Gasteiger partial charge in [-0.05, 0) is 51.4 Å². The van der Waals surface area contributed by atoms with E-state index >= 15 is 0 Å². The predicted octanol–water partition coefficient (Wildman–Crippen LogP) is 25.1. The van der Waals surface area contributed by atoms with Gasteiger partial charge in [-0.15, -0.1) is 0 Å². The van der Waals surface area contributed by atoms with Crippen molar-refractivity contribution in [2.75, 3.05) is 13.2 Å². The minimum Gasteiger partial charge on any atom is -0.466 e. The Bertz CT molecular complexity index is 1260. The van der Waals surface area contributed by atoms with Crippen LogP contribution in [-0.2, 0) is 14.3 Å². The fourth-order valence-corrected chi connectivity index (χ4v) is 12.5. The second-order valence-corrected chi connectivity index (χ2v) is 26.7. The average Bonchev–Trinajstić information content (AvgIpc) is 3.49. The zero-order valence-electron chi connectivity index (χ0n) is 56.7. The van der Waals surface area contributed by atoms with Crippen LogP contribution in [0.5, 0.6) is 0 Å². The van der Waals surface area contributed by atoms with Crippen LogP contribution in [0.3, 0.4) is 0 Å². The first-order valence-electron chi connectivity index (χ1n) is 38.4.